The molecule has 0 aliphatic rings. The number of nitrogens with one attached hydrogen (secondary N) is 1. The van der Waals surface area contributed by atoms with Crippen LogP contribution in [0.4, 0.5) is 5.00 Å². The van der Waals surface area contributed by atoms with Crippen LogP contribution in [-0.2, 0) is 13.1 Å². The maximum absolute atomic E-state index is 12.3. The minimum Gasteiger partial charge on any atom is -0.467 e. The van der Waals surface area contributed by atoms with Crippen LogP contribution in [0.1, 0.15) is 34.3 Å². The van der Waals surface area contributed by atoms with E-state index in [1.807, 2.05) is 36.2 Å². The molecule has 0 aliphatic carbocycles. The summed E-state index contributed by atoms with van der Waals surface area (Å²) < 4.78 is 7.08. The Morgan fingerprint density at radius 3 is 3.08 bits per heavy atom. The number of hydrogen-bond donors (Lipinski definition) is 1. The molecule has 3 aromatic heterocycles. The number of amides is 1. The molecular weight excluding hydrogens is 324 g/mol. The van der Waals surface area contributed by atoms with Gasteiger partial charge in [-0.25, -0.2) is 4.99 Å². The topological polar surface area (TPSA) is 72.4 Å². The van der Waals surface area contributed by atoms with Crippen LogP contribution < -0.4 is 5.32 Å². The third-order valence-corrected chi connectivity index (χ3v) is 4.34. The summed E-state index contributed by atoms with van der Waals surface area (Å²) in [5, 5.41) is 9.75. The number of aromatic nitrogens is 2. The van der Waals surface area contributed by atoms with Gasteiger partial charge >= 0.3 is 0 Å². The molecule has 1 N–H and O–H groups in total. The van der Waals surface area contributed by atoms with Gasteiger partial charge in [0.15, 0.2) is 0 Å². The molecule has 24 heavy (non-hydrogen) atoms. The van der Waals surface area contributed by atoms with Gasteiger partial charge < -0.3 is 9.73 Å². The molecule has 3 aromatic rings. The molecule has 0 aliphatic heterocycles. The number of aryl methyl sites for hydroxylation is 2. The normalized spacial score (nSPS) is 11.2. The molecule has 6 nitrogen and oxygen atoms in total. The maximum Gasteiger partial charge on any atom is 0.254 e. The van der Waals surface area contributed by atoms with Crippen LogP contribution in [0.3, 0.4) is 0 Å². The molecule has 0 fully saturated rings. The highest BCUT2D eigenvalue weighted by molar-refractivity contribution is 7.14. The molecule has 0 radical (unpaired) electrons. The van der Waals surface area contributed by atoms with Crippen molar-refractivity contribution in [1.29, 1.82) is 0 Å². The predicted octanol–water partition coefficient (Wildman–Crippen LogP) is 3.55. The van der Waals surface area contributed by atoms with E-state index in [-0.39, 0.29) is 5.91 Å². The van der Waals surface area contributed by atoms with E-state index in [4.69, 9.17) is 4.42 Å². The van der Waals surface area contributed by atoms with Gasteiger partial charge in [-0.15, -0.1) is 11.3 Å². The van der Waals surface area contributed by atoms with Gasteiger partial charge in [0.2, 0.25) is 0 Å². The number of carbonyl (C=O) groups is 1. The van der Waals surface area contributed by atoms with Crippen LogP contribution in [0, 0.1) is 6.92 Å². The van der Waals surface area contributed by atoms with Crippen molar-refractivity contribution in [3.63, 3.8) is 0 Å². The van der Waals surface area contributed by atoms with Gasteiger partial charge in [-0.2, -0.15) is 5.10 Å². The minimum atomic E-state index is -0.166. The monoisotopic (exact) mass is 342 g/mol. The molecule has 0 spiro atoms. The Labute approximate surface area is 143 Å². The van der Waals surface area contributed by atoms with Gasteiger partial charge in [0.25, 0.3) is 5.91 Å². The second kappa shape index (κ2) is 7.27. The van der Waals surface area contributed by atoms with Crippen molar-refractivity contribution in [2.45, 2.75) is 26.9 Å². The average molecular weight is 342 g/mol. The molecule has 124 valence electrons. The van der Waals surface area contributed by atoms with Gasteiger partial charge in [0, 0.05) is 24.5 Å². The molecule has 0 bridgehead atoms. The Hall–Kier alpha value is -2.67. The van der Waals surface area contributed by atoms with Crippen LogP contribution in [0.15, 0.2) is 45.4 Å². The Morgan fingerprint density at radius 2 is 2.38 bits per heavy atom. The van der Waals surface area contributed by atoms with Gasteiger partial charge in [-0.3, -0.25) is 9.48 Å². The first-order valence-corrected chi connectivity index (χ1v) is 8.51. The van der Waals surface area contributed by atoms with Crippen LogP contribution in [0.5, 0.6) is 0 Å². The van der Waals surface area contributed by atoms with E-state index in [1.54, 1.807) is 24.6 Å². The summed E-state index contributed by atoms with van der Waals surface area (Å²) in [5.74, 6) is 0.548. The fraction of sp³-hybridized carbons (Fsp3) is 0.235. The lowest BCUT2D eigenvalue weighted by molar-refractivity contribution is 0.0949. The molecule has 0 aromatic carbocycles. The highest BCUT2D eigenvalue weighted by Gasteiger charge is 2.12. The van der Waals surface area contributed by atoms with Crippen LogP contribution in [0.2, 0.25) is 0 Å². The Morgan fingerprint density at radius 1 is 1.50 bits per heavy atom. The number of hydrogen-bond acceptors (Lipinski definition) is 5. The van der Waals surface area contributed by atoms with E-state index in [0.717, 1.165) is 17.8 Å². The highest BCUT2D eigenvalue weighted by Crippen LogP contribution is 2.26. The largest absolute Gasteiger partial charge is 0.467 e. The van der Waals surface area contributed by atoms with Crippen molar-refractivity contribution in [1.82, 2.24) is 15.1 Å². The van der Waals surface area contributed by atoms with Gasteiger partial charge in [-0.05, 0) is 37.4 Å². The number of nitrogens with zero attached hydrogens (tertiary/aromatic N) is 3. The summed E-state index contributed by atoms with van der Waals surface area (Å²) in [6.07, 6.45) is 5.29. The van der Waals surface area contributed by atoms with Crippen molar-refractivity contribution in [3.8, 4) is 0 Å². The number of rotatable bonds is 6. The molecule has 0 saturated heterocycles. The van der Waals surface area contributed by atoms with E-state index in [9.17, 15) is 4.79 Å². The molecule has 3 rings (SSSR count). The number of aliphatic imine (C=N–C) groups is 1. The molecule has 0 atom stereocenters. The van der Waals surface area contributed by atoms with Crippen molar-refractivity contribution in [2.75, 3.05) is 0 Å². The first kappa shape index (κ1) is 16.2. The Balaban J connectivity index is 1.71. The zero-order chi connectivity index (χ0) is 16.9. The average Bonchev–Trinajstić information content (AvgIpc) is 3.31. The second-order valence-electron chi connectivity index (χ2n) is 5.19. The first-order chi connectivity index (χ1) is 11.7. The highest BCUT2D eigenvalue weighted by atomic mass is 32.1. The Kier molecular flexibility index (Phi) is 4.90. The smallest absolute Gasteiger partial charge is 0.254 e. The second-order valence-corrected chi connectivity index (χ2v) is 6.08. The number of thiophene rings is 1. The standard InChI is InChI=1S/C17H18N4O2S/c1-3-21-11-13(12(2)20-21)9-19-17-15(6-8-24-17)16(22)18-10-14-5-4-7-23-14/h4-9,11H,3,10H2,1-2H3,(H,18,22)/b19-9+. The van der Waals surface area contributed by atoms with E-state index < -0.39 is 0 Å². The SMILES string of the molecule is CCn1cc(/C=N/c2sccc2C(=O)NCc2ccco2)c(C)n1. The van der Waals surface area contributed by atoms with Crippen LogP contribution in [-0.4, -0.2) is 21.9 Å². The quantitative estimate of drug-likeness (QED) is 0.696. The van der Waals surface area contributed by atoms with E-state index in [0.29, 0.717) is 22.9 Å². The summed E-state index contributed by atoms with van der Waals surface area (Å²) in [4.78, 5) is 16.8. The fourth-order valence-corrected chi connectivity index (χ4v) is 2.93. The zero-order valence-corrected chi connectivity index (χ0v) is 14.3. The van der Waals surface area contributed by atoms with Crippen molar-refractivity contribution in [3.05, 3.63) is 58.6 Å². The summed E-state index contributed by atoms with van der Waals surface area (Å²) >= 11 is 1.43. The summed E-state index contributed by atoms with van der Waals surface area (Å²) in [6, 6.07) is 5.39. The Bertz CT molecular complexity index is 846. The third-order valence-electron chi connectivity index (χ3n) is 3.52. The molecule has 0 saturated carbocycles. The fourth-order valence-electron chi connectivity index (χ4n) is 2.20. The van der Waals surface area contributed by atoms with Crippen LogP contribution in [0.25, 0.3) is 0 Å². The lowest BCUT2D eigenvalue weighted by atomic mass is 10.3. The molecule has 0 unspecified atom stereocenters. The summed E-state index contributed by atoms with van der Waals surface area (Å²) in [7, 11) is 0. The summed E-state index contributed by atoms with van der Waals surface area (Å²) in [6.45, 7) is 5.15. The predicted molar refractivity (Wildman–Crippen MR) is 94.1 cm³/mol. The zero-order valence-electron chi connectivity index (χ0n) is 13.5. The van der Waals surface area contributed by atoms with Gasteiger partial charge in [0.05, 0.1) is 24.1 Å². The molecular formula is C17H18N4O2S. The third kappa shape index (κ3) is 3.62. The van der Waals surface area contributed by atoms with Gasteiger partial charge in [0.1, 0.15) is 10.8 Å². The van der Waals surface area contributed by atoms with Crippen molar-refractivity contribution >= 4 is 28.5 Å². The lowest BCUT2D eigenvalue weighted by Crippen LogP contribution is -2.22. The number of furan rings is 1. The molecule has 1 amide bonds. The van der Waals surface area contributed by atoms with E-state index in [1.165, 1.54) is 11.3 Å². The number of carbonyl (C=O) groups excluding carboxylic acids is 1. The first-order valence-electron chi connectivity index (χ1n) is 7.63. The van der Waals surface area contributed by atoms with E-state index in [2.05, 4.69) is 15.4 Å². The maximum atomic E-state index is 12.3. The minimum absolute atomic E-state index is 0.166. The summed E-state index contributed by atoms with van der Waals surface area (Å²) in [5.41, 5.74) is 2.43. The molecule has 7 heteroatoms. The molecule has 3 heterocycles. The lowest BCUT2D eigenvalue weighted by Gasteiger charge is -2.02. The van der Waals surface area contributed by atoms with Gasteiger partial charge in [-0.1, -0.05) is 0 Å². The van der Waals surface area contributed by atoms with E-state index >= 15 is 0 Å². The van der Waals surface area contributed by atoms with Crippen molar-refractivity contribution < 1.29 is 9.21 Å². The van der Waals surface area contributed by atoms with Crippen LogP contribution >= 0.6 is 11.3 Å². The van der Waals surface area contributed by atoms with Crippen molar-refractivity contribution in [2.24, 2.45) is 4.99 Å².